The molecule has 136 valence electrons. The van der Waals surface area contributed by atoms with E-state index in [1.54, 1.807) is 17.0 Å². The van der Waals surface area contributed by atoms with E-state index in [2.05, 4.69) is 0 Å². The van der Waals surface area contributed by atoms with E-state index in [0.29, 0.717) is 12.1 Å². The Morgan fingerprint density at radius 2 is 1.88 bits per heavy atom. The minimum atomic E-state index is -0.616. The summed E-state index contributed by atoms with van der Waals surface area (Å²) in [6.07, 6.45) is 0. The number of carbonyl (C=O) groups excluding carboxylic acids is 2. The molecule has 1 amide bonds. The highest BCUT2D eigenvalue weighted by molar-refractivity contribution is 7.10. The van der Waals surface area contributed by atoms with Gasteiger partial charge in [-0.2, -0.15) is 0 Å². The number of aryl methyl sites for hydroxylation is 1. The minimum absolute atomic E-state index is 0.110. The number of carbonyl (C=O) groups is 2. The second kappa shape index (κ2) is 7.43. The third-order valence-corrected chi connectivity index (χ3v) is 5.46. The Kier molecular flexibility index (Phi) is 5.25. The summed E-state index contributed by atoms with van der Waals surface area (Å²) < 4.78 is 0. The van der Waals surface area contributed by atoms with Crippen LogP contribution in [0.2, 0.25) is 0 Å². The van der Waals surface area contributed by atoms with Gasteiger partial charge in [0.1, 0.15) is 5.76 Å². The maximum atomic E-state index is 12.7. The first-order valence-corrected chi connectivity index (χ1v) is 9.46. The van der Waals surface area contributed by atoms with Crippen LogP contribution < -0.4 is 4.90 Å². The monoisotopic (exact) mass is 371 g/mol. The molecule has 2 heterocycles. The molecule has 1 aliphatic heterocycles. The summed E-state index contributed by atoms with van der Waals surface area (Å²) in [6.45, 7) is 3.14. The number of aliphatic hydroxyl groups is 1. The molecule has 5 nitrogen and oxygen atoms in total. The van der Waals surface area contributed by atoms with Crippen molar-refractivity contribution in [3.63, 3.8) is 0 Å². The average molecular weight is 371 g/mol. The predicted octanol–water partition coefficient (Wildman–Crippen LogP) is 1.62. The highest BCUT2D eigenvalue weighted by Gasteiger charge is 2.46. The van der Waals surface area contributed by atoms with Crippen molar-refractivity contribution in [2.45, 2.75) is 13.0 Å². The third-order valence-electron chi connectivity index (χ3n) is 4.53. The fourth-order valence-corrected chi connectivity index (χ4v) is 3.91. The summed E-state index contributed by atoms with van der Waals surface area (Å²) in [4.78, 5) is 29.0. The third kappa shape index (κ3) is 3.43. The van der Waals surface area contributed by atoms with Crippen molar-refractivity contribution in [3.8, 4) is 0 Å². The molecule has 2 N–H and O–H groups in total. The normalized spacial score (nSPS) is 19.5. The molecule has 0 spiro atoms. The molecule has 0 aliphatic carbocycles. The van der Waals surface area contributed by atoms with E-state index in [4.69, 9.17) is 0 Å². The molecule has 0 saturated carbocycles. The van der Waals surface area contributed by atoms with Crippen molar-refractivity contribution in [2.75, 3.05) is 27.2 Å². The number of rotatable bonds is 5. The number of hydrogen-bond acceptors (Lipinski definition) is 4. The van der Waals surface area contributed by atoms with Crippen molar-refractivity contribution >= 4 is 28.8 Å². The van der Waals surface area contributed by atoms with E-state index < -0.39 is 17.7 Å². The quantitative estimate of drug-likeness (QED) is 0.477. The molecule has 0 unspecified atom stereocenters. The zero-order chi connectivity index (χ0) is 18.8. The van der Waals surface area contributed by atoms with Gasteiger partial charge in [-0.15, -0.1) is 11.3 Å². The van der Waals surface area contributed by atoms with E-state index in [1.807, 2.05) is 50.7 Å². The topological polar surface area (TPSA) is 62.0 Å². The number of nitrogens with zero attached hydrogens (tertiary/aromatic N) is 1. The van der Waals surface area contributed by atoms with Gasteiger partial charge in [-0.3, -0.25) is 9.59 Å². The summed E-state index contributed by atoms with van der Waals surface area (Å²) >= 11 is 1.48. The maximum absolute atomic E-state index is 12.7. The number of aliphatic hydroxyl groups excluding tert-OH is 1. The van der Waals surface area contributed by atoms with E-state index in [9.17, 15) is 14.7 Å². The summed E-state index contributed by atoms with van der Waals surface area (Å²) in [5.41, 5.74) is 1.79. The number of hydrogen-bond donors (Lipinski definition) is 2. The first-order valence-electron chi connectivity index (χ1n) is 8.58. The van der Waals surface area contributed by atoms with Crippen LogP contribution in [0.5, 0.6) is 0 Å². The fourth-order valence-electron chi connectivity index (χ4n) is 3.06. The van der Waals surface area contributed by atoms with Crippen LogP contribution in [0.4, 0.5) is 0 Å². The highest BCUT2D eigenvalue weighted by Crippen LogP contribution is 2.40. The summed E-state index contributed by atoms with van der Waals surface area (Å²) in [5.74, 6) is -1.27. The van der Waals surface area contributed by atoms with E-state index in [1.165, 1.54) is 16.2 Å². The number of Topliss-reactive ketones (excluding diaryl/α,β-unsaturated/α-hetero) is 1. The van der Waals surface area contributed by atoms with Crippen LogP contribution in [0.25, 0.3) is 5.76 Å². The number of nitrogens with one attached hydrogen (secondary N) is 1. The van der Waals surface area contributed by atoms with Gasteiger partial charge >= 0.3 is 0 Å². The molecule has 1 saturated heterocycles. The molecular weight excluding hydrogens is 348 g/mol. The predicted molar refractivity (Wildman–Crippen MR) is 102 cm³/mol. The van der Waals surface area contributed by atoms with Crippen LogP contribution in [-0.4, -0.2) is 48.9 Å². The van der Waals surface area contributed by atoms with Gasteiger partial charge in [0.05, 0.1) is 38.8 Å². The summed E-state index contributed by atoms with van der Waals surface area (Å²) in [5, 5.41) is 12.8. The molecule has 1 fully saturated rings. The Hall–Kier alpha value is -2.44. The van der Waals surface area contributed by atoms with Crippen molar-refractivity contribution in [3.05, 3.63) is 63.4 Å². The Morgan fingerprint density at radius 1 is 1.19 bits per heavy atom. The summed E-state index contributed by atoms with van der Waals surface area (Å²) in [6, 6.07) is 10.6. The lowest BCUT2D eigenvalue weighted by Crippen LogP contribution is -3.06. The Morgan fingerprint density at radius 3 is 2.46 bits per heavy atom. The molecule has 3 rings (SSSR count). The SMILES string of the molecule is Cc1ccc(C(O)=C2C(=O)C(=O)N(CC[NH+](C)C)[C@@H]2c2cccs2)cc1. The number of likely N-dealkylation sites (N-methyl/N-ethyl adjacent to an activating group) is 1. The molecule has 1 atom stereocenters. The Labute approximate surface area is 157 Å². The van der Waals surface area contributed by atoms with Gasteiger partial charge in [0.2, 0.25) is 0 Å². The molecule has 2 aromatic rings. The first-order chi connectivity index (χ1) is 12.4. The smallest absolute Gasteiger partial charge is 0.295 e. The molecule has 1 aliphatic rings. The van der Waals surface area contributed by atoms with Gasteiger partial charge < -0.3 is 14.9 Å². The number of benzene rings is 1. The van der Waals surface area contributed by atoms with Crippen LogP contribution in [0, 0.1) is 6.92 Å². The van der Waals surface area contributed by atoms with Crippen LogP contribution >= 0.6 is 11.3 Å². The number of ketones is 1. The van der Waals surface area contributed by atoms with Crippen LogP contribution in [0.3, 0.4) is 0 Å². The number of thiophene rings is 1. The Balaban J connectivity index is 2.09. The van der Waals surface area contributed by atoms with E-state index in [-0.39, 0.29) is 11.3 Å². The zero-order valence-corrected chi connectivity index (χ0v) is 16.0. The minimum Gasteiger partial charge on any atom is -0.507 e. The Bertz CT molecular complexity index is 838. The lowest BCUT2D eigenvalue weighted by atomic mass is 9.99. The van der Waals surface area contributed by atoms with E-state index in [0.717, 1.165) is 17.0 Å². The lowest BCUT2D eigenvalue weighted by molar-refractivity contribution is -0.857. The van der Waals surface area contributed by atoms with Gasteiger partial charge in [-0.05, 0) is 18.4 Å². The molecule has 1 aromatic carbocycles. The fraction of sp³-hybridized carbons (Fsp3) is 0.300. The number of quaternary nitrogens is 1. The van der Waals surface area contributed by atoms with Gasteiger partial charge in [-0.25, -0.2) is 0 Å². The van der Waals surface area contributed by atoms with Crippen molar-refractivity contribution in [1.29, 1.82) is 0 Å². The first kappa shape index (κ1) is 18.4. The van der Waals surface area contributed by atoms with Gasteiger partial charge in [0, 0.05) is 10.4 Å². The highest BCUT2D eigenvalue weighted by atomic mass is 32.1. The molecule has 0 radical (unpaired) electrons. The van der Waals surface area contributed by atoms with Crippen LogP contribution in [0.15, 0.2) is 47.4 Å². The van der Waals surface area contributed by atoms with Gasteiger partial charge in [0.15, 0.2) is 0 Å². The average Bonchev–Trinajstić information content (AvgIpc) is 3.21. The standard InChI is InChI=1S/C20H22N2O3S/c1-13-6-8-14(9-7-13)18(23)16-17(15-5-4-12-26-15)22(11-10-21(2)3)20(25)19(16)24/h4-9,12,17,23H,10-11H2,1-3H3/p+1/t17-/m1/s1. The van der Waals surface area contributed by atoms with Gasteiger partial charge in [-0.1, -0.05) is 35.9 Å². The molecule has 0 bridgehead atoms. The van der Waals surface area contributed by atoms with Gasteiger partial charge in [0.25, 0.3) is 11.7 Å². The van der Waals surface area contributed by atoms with Crippen molar-refractivity contribution in [2.24, 2.45) is 0 Å². The largest absolute Gasteiger partial charge is 0.507 e. The van der Waals surface area contributed by atoms with E-state index >= 15 is 0 Å². The van der Waals surface area contributed by atoms with Crippen molar-refractivity contribution < 1.29 is 19.6 Å². The molecular formula is C20H23N2O3S+. The summed E-state index contributed by atoms with van der Waals surface area (Å²) in [7, 11) is 4.01. The lowest BCUT2D eigenvalue weighted by Gasteiger charge is -2.24. The molecule has 1 aromatic heterocycles. The van der Waals surface area contributed by atoms with Crippen molar-refractivity contribution in [1.82, 2.24) is 4.90 Å². The molecule has 26 heavy (non-hydrogen) atoms. The van der Waals surface area contributed by atoms with Crippen LogP contribution in [-0.2, 0) is 9.59 Å². The number of amides is 1. The van der Waals surface area contributed by atoms with Crippen LogP contribution in [0.1, 0.15) is 22.0 Å². The maximum Gasteiger partial charge on any atom is 0.295 e. The second-order valence-corrected chi connectivity index (χ2v) is 7.81. The number of likely N-dealkylation sites (tertiary alicyclic amines) is 1. The molecule has 6 heteroatoms. The zero-order valence-electron chi connectivity index (χ0n) is 15.2. The second-order valence-electron chi connectivity index (χ2n) is 6.83.